The summed E-state index contributed by atoms with van der Waals surface area (Å²) in [5.74, 6) is 0.679. The summed E-state index contributed by atoms with van der Waals surface area (Å²) in [6, 6.07) is 8.46. The van der Waals surface area contributed by atoms with E-state index in [1.54, 1.807) is 24.4 Å². The molecule has 41 heavy (non-hydrogen) atoms. The van der Waals surface area contributed by atoms with Crippen LogP contribution >= 0.6 is 0 Å². The van der Waals surface area contributed by atoms with Crippen molar-refractivity contribution in [2.45, 2.75) is 25.4 Å². The zero-order chi connectivity index (χ0) is 28.8. The monoisotopic (exact) mass is 583 g/mol. The van der Waals surface area contributed by atoms with Crippen molar-refractivity contribution in [3.05, 3.63) is 77.6 Å². The van der Waals surface area contributed by atoms with Crippen molar-refractivity contribution >= 4 is 27.5 Å². The first kappa shape index (κ1) is 26.4. The molecule has 6 rings (SSSR count). The number of nitrogens with zero attached hydrogens (tertiary/aromatic N) is 7. The molecule has 12 nitrogen and oxygen atoms in total. The molecule has 3 aromatic rings. The highest BCUT2D eigenvalue weighted by atomic mass is 32.2. The Balaban J connectivity index is 1.34. The van der Waals surface area contributed by atoms with Gasteiger partial charge >= 0.3 is 12.2 Å². The summed E-state index contributed by atoms with van der Waals surface area (Å²) < 4.78 is 74.4. The Morgan fingerprint density at radius 1 is 1.15 bits per heavy atom. The molecule has 3 aliphatic rings. The van der Waals surface area contributed by atoms with Crippen LogP contribution < -0.4 is 15.7 Å². The normalized spacial score (nSPS) is 13.8. The third-order valence-electron chi connectivity index (χ3n) is 6.32. The van der Waals surface area contributed by atoms with Gasteiger partial charge in [0.1, 0.15) is 17.4 Å². The molecule has 0 atom stereocenters. The summed E-state index contributed by atoms with van der Waals surface area (Å²) in [6.07, 6.45) is -0.894. The van der Waals surface area contributed by atoms with E-state index in [0.29, 0.717) is 18.9 Å². The van der Waals surface area contributed by atoms with E-state index in [2.05, 4.69) is 40.2 Å². The number of anilines is 2. The molecule has 0 radical (unpaired) electrons. The third-order valence-corrected chi connectivity index (χ3v) is 7.54. The quantitative estimate of drug-likeness (QED) is 0.304. The average molecular weight is 584 g/mol. The van der Waals surface area contributed by atoms with Gasteiger partial charge < -0.3 is 14.3 Å². The van der Waals surface area contributed by atoms with Gasteiger partial charge in [-0.15, -0.1) is 5.10 Å². The van der Waals surface area contributed by atoms with Gasteiger partial charge in [-0.05, 0) is 48.4 Å². The first-order valence-corrected chi connectivity index (χ1v) is 13.8. The number of fused-ring (bicyclic) bond motifs is 3. The molecule has 0 unspecified atom stereocenters. The number of hydrogen-bond donors (Lipinski definition) is 2. The summed E-state index contributed by atoms with van der Waals surface area (Å²) in [5.41, 5.74) is 2.33. The number of sulfonamides is 1. The molecule has 3 aliphatic heterocycles. The lowest BCUT2D eigenvalue weighted by molar-refractivity contribution is -0.137. The lowest BCUT2D eigenvalue weighted by Gasteiger charge is -2.19. The van der Waals surface area contributed by atoms with Crippen molar-refractivity contribution in [3.63, 3.8) is 0 Å². The lowest BCUT2D eigenvalue weighted by Crippen LogP contribution is -2.18. The summed E-state index contributed by atoms with van der Waals surface area (Å²) in [7, 11) is -4.08. The Kier molecular flexibility index (Phi) is 6.40. The van der Waals surface area contributed by atoms with E-state index in [-0.39, 0.29) is 23.0 Å². The SMILES string of the molecule is Cc1ccc(NS(=O)(=O)Cc2cc(C(F)(F)F)ccn2)cc1-c1cc2cn/c(=N\c3nnco3)nc-2n2c1NCC2. The second-order valence-corrected chi connectivity index (χ2v) is 10.9. The minimum Gasteiger partial charge on any atom is -0.409 e. The van der Waals surface area contributed by atoms with Gasteiger partial charge in [0.05, 0.1) is 11.3 Å². The Bertz CT molecular complexity index is 1910. The standard InChI is InChI=1S/C25H20F3N9O3S/c1-14-2-3-17(36-41(38,39)12-18-9-16(4-5-29-18)25(26,27)28)10-19(14)20-8-15-11-31-23(34-24-35-32-13-40-24)33-21(15)37-7-6-30-22(20)37/h2-5,8-11,13,30,36H,6-7,12H2,1H3/b34-23+. The summed E-state index contributed by atoms with van der Waals surface area (Å²) >= 11 is 0. The molecule has 5 heterocycles. The fourth-order valence-corrected chi connectivity index (χ4v) is 5.65. The number of pyridine rings is 2. The third kappa shape index (κ3) is 5.45. The Labute approximate surface area is 230 Å². The van der Waals surface area contributed by atoms with E-state index in [4.69, 9.17) is 4.42 Å². The van der Waals surface area contributed by atoms with Crippen molar-refractivity contribution in [2.24, 2.45) is 4.99 Å². The van der Waals surface area contributed by atoms with Gasteiger partial charge in [0.15, 0.2) is 0 Å². The maximum atomic E-state index is 13.1. The number of rotatable bonds is 6. The fraction of sp³-hybridized carbons (Fsp3) is 0.200. The van der Waals surface area contributed by atoms with Gasteiger partial charge in [0.2, 0.25) is 16.4 Å². The van der Waals surface area contributed by atoms with Gasteiger partial charge in [-0.1, -0.05) is 11.2 Å². The number of alkyl halides is 3. The van der Waals surface area contributed by atoms with Gasteiger partial charge in [-0.3, -0.25) is 9.71 Å². The largest absolute Gasteiger partial charge is 0.416 e. The molecule has 210 valence electrons. The maximum Gasteiger partial charge on any atom is 0.416 e. The van der Waals surface area contributed by atoms with E-state index in [1.165, 1.54) is 0 Å². The minimum atomic E-state index is -4.61. The Morgan fingerprint density at radius 2 is 2.00 bits per heavy atom. The first-order valence-electron chi connectivity index (χ1n) is 12.1. The van der Waals surface area contributed by atoms with Crippen LogP contribution in [0.2, 0.25) is 0 Å². The van der Waals surface area contributed by atoms with E-state index in [0.717, 1.165) is 52.8 Å². The summed E-state index contributed by atoms with van der Waals surface area (Å²) in [5, 5.41) is 10.7. The molecule has 0 aliphatic carbocycles. The predicted octanol–water partition coefficient (Wildman–Crippen LogP) is 3.75. The van der Waals surface area contributed by atoms with E-state index in [9.17, 15) is 21.6 Å². The topological polar surface area (TPSA) is 153 Å². The molecule has 2 N–H and O–H groups in total. The highest BCUT2D eigenvalue weighted by molar-refractivity contribution is 7.91. The molecule has 2 aromatic heterocycles. The van der Waals surface area contributed by atoms with Crippen molar-refractivity contribution < 1.29 is 26.0 Å². The predicted molar refractivity (Wildman–Crippen MR) is 140 cm³/mol. The van der Waals surface area contributed by atoms with Crippen LogP contribution in [0.1, 0.15) is 16.8 Å². The van der Waals surface area contributed by atoms with Crippen LogP contribution in [0.5, 0.6) is 0 Å². The maximum absolute atomic E-state index is 13.1. The fourth-order valence-electron chi connectivity index (χ4n) is 4.54. The average Bonchev–Trinajstić information content (AvgIpc) is 3.61. The van der Waals surface area contributed by atoms with Gasteiger partial charge in [-0.2, -0.15) is 23.1 Å². The molecule has 16 heteroatoms. The van der Waals surface area contributed by atoms with Crippen molar-refractivity contribution in [1.29, 1.82) is 0 Å². The van der Waals surface area contributed by atoms with Gasteiger partial charge in [-0.25, -0.2) is 13.4 Å². The number of aryl methyl sites for hydroxylation is 1. The molecule has 0 amide bonds. The highest BCUT2D eigenvalue weighted by Gasteiger charge is 2.31. The molecule has 0 fully saturated rings. The first-order chi connectivity index (χ1) is 19.6. The number of nitrogens with one attached hydrogen (secondary N) is 2. The van der Waals surface area contributed by atoms with Crippen LogP contribution in [0.25, 0.3) is 22.5 Å². The number of hydrogen-bond acceptors (Lipinski definition) is 10. The molecule has 0 spiro atoms. The zero-order valence-corrected chi connectivity index (χ0v) is 22.0. The van der Waals surface area contributed by atoms with E-state index >= 15 is 0 Å². The summed E-state index contributed by atoms with van der Waals surface area (Å²) in [4.78, 5) is 16.8. The minimum absolute atomic E-state index is 0.0273. The molecular weight excluding hydrogens is 563 g/mol. The van der Waals surface area contributed by atoms with Crippen molar-refractivity contribution in [1.82, 2.24) is 29.7 Å². The zero-order valence-electron chi connectivity index (χ0n) is 21.2. The number of aromatic nitrogens is 6. The van der Waals surface area contributed by atoms with Crippen molar-refractivity contribution in [2.75, 3.05) is 16.6 Å². The number of benzene rings is 1. The Morgan fingerprint density at radius 3 is 2.78 bits per heavy atom. The smallest absolute Gasteiger partial charge is 0.409 e. The molecule has 0 bridgehead atoms. The molecule has 1 aromatic carbocycles. The van der Waals surface area contributed by atoms with Crippen LogP contribution in [0.15, 0.2) is 64.6 Å². The molecular formula is C25H20F3N9O3S. The summed E-state index contributed by atoms with van der Waals surface area (Å²) in [6.45, 7) is 3.15. The Hall–Kier alpha value is -4.86. The second-order valence-electron chi connectivity index (χ2n) is 9.19. The van der Waals surface area contributed by atoms with E-state index < -0.39 is 27.5 Å². The van der Waals surface area contributed by atoms with Crippen LogP contribution in [0.4, 0.5) is 30.7 Å². The van der Waals surface area contributed by atoms with Crippen LogP contribution in [-0.2, 0) is 28.5 Å². The highest BCUT2D eigenvalue weighted by Crippen LogP contribution is 2.39. The van der Waals surface area contributed by atoms with Crippen molar-refractivity contribution in [3.8, 4) is 22.5 Å². The second kappa shape index (κ2) is 9.96. The van der Waals surface area contributed by atoms with Gasteiger partial charge in [0, 0.05) is 42.3 Å². The molecule has 0 saturated carbocycles. The van der Waals surface area contributed by atoms with Gasteiger partial charge in [0.25, 0.3) is 5.62 Å². The van der Waals surface area contributed by atoms with Crippen LogP contribution in [-0.4, -0.2) is 44.7 Å². The van der Waals surface area contributed by atoms with Crippen LogP contribution in [0, 0.1) is 6.92 Å². The van der Waals surface area contributed by atoms with E-state index in [1.807, 2.05) is 17.6 Å². The van der Waals surface area contributed by atoms with Crippen LogP contribution in [0.3, 0.4) is 0 Å². The molecule has 0 saturated heterocycles. The lowest BCUT2D eigenvalue weighted by atomic mass is 9.98. The number of halogens is 3.